The van der Waals surface area contributed by atoms with Crippen LogP contribution in [0.3, 0.4) is 0 Å². The van der Waals surface area contributed by atoms with Crippen LogP contribution in [-0.4, -0.2) is 29.1 Å². The first kappa shape index (κ1) is 14.5. The van der Waals surface area contributed by atoms with E-state index in [-0.39, 0.29) is 12.2 Å². The molecule has 1 saturated heterocycles. The van der Waals surface area contributed by atoms with Gasteiger partial charge in [0.2, 0.25) is 5.91 Å². The van der Waals surface area contributed by atoms with E-state index in [4.69, 9.17) is 0 Å². The number of amides is 1. The van der Waals surface area contributed by atoms with Crippen molar-refractivity contribution < 1.29 is 4.79 Å². The number of carbonyl (C=O) groups excluding carboxylic acids is 1. The Morgan fingerprint density at radius 2 is 1.94 bits per heavy atom. The highest BCUT2D eigenvalue weighted by molar-refractivity contribution is 5.84. The van der Waals surface area contributed by atoms with Crippen LogP contribution in [0.5, 0.6) is 0 Å². The maximum Gasteiger partial charge on any atom is 0.241 e. The molecule has 3 nitrogen and oxygen atoms in total. The summed E-state index contributed by atoms with van der Waals surface area (Å²) in [5, 5.41) is 3.49. The van der Waals surface area contributed by atoms with Gasteiger partial charge in [-0.2, -0.15) is 0 Å². The van der Waals surface area contributed by atoms with Crippen molar-refractivity contribution in [2.45, 2.75) is 78.6 Å². The molecule has 0 aromatic rings. The number of carbonyl (C=O) groups is 1. The second-order valence-electron chi connectivity index (χ2n) is 5.66. The van der Waals surface area contributed by atoms with E-state index in [0.29, 0.717) is 17.9 Å². The quantitative estimate of drug-likeness (QED) is 0.774. The summed E-state index contributed by atoms with van der Waals surface area (Å²) in [6, 6.07) is 0.404. The summed E-state index contributed by atoms with van der Waals surface area (Å²) < 4.78 is 0. The lowest BCUT2D eigenvalue weighted by Gasteiger charge is -2.29. The zero-order valence-electron chi connectivity index (χ0n) is 12.0. The largest absolute Gasteiger partial charge is 0.323 e. The number of nitrogens with one attached hydrogen (secondary N) is 1. The van der Waals surface area contributed by atoms with E-state index in [0.717, 1.165) is 25.7 Å². The summed E-state index contributed by atoms with van der Waals surface area (Å²) in [6.07, 6.45) is 4.42. The SMILES string of the molecule is CCCC(C)N1C(=O)C(CC(C)C)NC1CC. The van der Waals surface area contributed by atoms with Gasteiger partial charge in [0.05, 0.1) is 12.2 Å². The molecule has 0 spiro atoms. The predicted molar refractivity (Wildman–Crippen MR) is 71.7 cm³/mol. The van der Waals surface area contributed by atoms with Gasteiger partial charge in [0, 0.05) is 6.04 Å². The van der Waals surface area contributed by atoms with E-state index in [1.54, 1.807) is 0 Å². The van der Waals surface area contributed by atoms with Crippen LogP contribution >= 0.6 is 0 Å². The van der Waals surface area contributed by atoms with Gasteiger partial charge in [-0.3, -0.25) is 10.1 Å². The highest BCUT2D eigenvalue weighted by Crippen LogP contribution is 2.22. The average molecular weight is 240 g/mol. The molecule has 1 rings (SSSR count). The molecule has 1 aliphatic heterocycles. The van der Waals surface area contributed by atoms with Crippen molar-refractivity contribution in [3.8, 4) is 0 Å². The fourth-order valence-electron chi connectivity index (χ4n) is 2.75. The van der Waals surface area contributed by atoms with Crippen LogP contribution in [0.15, 0.2) is 0 Å². The van der Waals surface area contributed by atoms with Gasteiger partial charge in [0.25, 0.3) is 0 Å². The monoisotopic (exact) mass is 240 g/mol. The Balaban J connectivity index is 2.71. The average Bonchev–Trinajstić information content (AvgIpc) is 2.55. The molecule has 0 aliphatic carbocycles. The minimum Gasteiger partial charge on any atom is -0.323 e. The van der Waals surface area contributed by atoms with Gasteiger partial charge >= 0.3 is 0 Å². The Kier molecular flexibility index (Phi) is 5.44. The van der Waals surface area contributed by atoms with Gasteiger partial charge in [-0.05, 0) is 32.1 Å². The third-order valence-electron chi connectivity index (χ3n) is 3.56. The molecule has 3 unspecified atom stereocenters. The molecule has 17 heavy (non-hydrogen) atoms. The Morgan fingerprint density at radius 1 is 1.29 bits per heavy atom. The van der Waals surface area contributed by atoms with Crippen LogP contribution in [0.4, 0.5) is 0 Å². The lowest BCUT2D eigenvalue weighted by atomic mass is 10.0. The zero-order valence-corrected chi connectivity index (χ0v) is 12.0. The van der Waals surface area contributed by atoms with Crippen LogP contribution in [0.25, 0.3) is 0 Å². The molecule has 1 fully saturated rings. The van der Waals surface area contributed by atoms with Gasteiger partial charge in [-0.15, -0.1) is 0 Å². The van der Waals surface area contributed by atoms with E-state index in [9.17, 15) is 4.79 Å². The minimum atomic E-state index is 0.0410. The number of hydrogen-bond acceptors (Lipinski definition) is 2. The van der Waals surface area contributed by atoms with Crippen LogP contribution in [0.1, 0.15) is 60.3 Å². The van der Waals surface area contributed by atoms with Crippen molar-refractivity contribution in [3.05, 3.63) is 0 Å². The molecule has 3 heteroatoms. The highest BCUT2D eigenvalue weighted by Gasteiger charge is 2.39. The van der Waals surface area contributed by atoms with Crippen molar-refractivity contribution in [3.63, 3.8) is 0 Å². The van der Waals surface area contributed by atoms with Crippen molar-refractivity contribution in [1.82, 2.24) is 10.2 Å². The molecule has 0 aromatic heterocycles. The van der Waals surface area contributed by atoms with Gasteiger partial charge in [0.1, 0.15) is 0 Å². The molecular formula is C14H28N2O. The van der Waals surface area contributed by atoms with Crippen LogP contribution in [-0.2, 0) is 4.79 Å². The second-order valence-corrected chi connectivity index (χ2v) is 5.66. The van der Waals surface area contributed by atoms with E-state index in [1.807, 2.05) is 0 Å². The van der Waals surface area contributed by atoms with Gasteiger partial charge in [-0.1, -0.05) is 34.1 Å². The lowest BCUT2D eigenvalue weighted by Crippen LogP contribution is -2.42. The van der Waals surface area contributed by atoms with Crippen LogP contribution in [0.2, 0.25) is 0 Å². The molecule has 1 amide bonds. The summed E-state index contributed by atoms with van der Waals surface area (Å²) in [6.45, 7) is 10.8. The lowest BCUT2D eigenvalue weighted by molar-refractivity contribution is -0.132. The molecule has 1 aliphatic rings. The molecule has 0 radical (unpaired) electrons. The molecule has 0 saturated carbocycles. The molecule has 1 N–H and O–H groups in total. The third-order valence-corrected chi connectivity index (χ3v) is 3.56. The Labute approximate surface area is 106 Å². The Hall–Kier alpha value is -0.570. The first-order valence-corrected chi connectivity index (χ1v) is 7.09. The van der Waals surface area contributed by atoms with Crippen molar-refractivity contribution in [2.75, 3.05) is 0 Å². The van der Waals surface area contributed by atoms with Gasteiger partial charge in [-0.25, -0.2) is 0 Å². The van der Waals surface area contributed by atoms with Crippen molar-refractivity contribution in [2.24, 2.45) is 5.92 Å². The second kappa shape index (κ2) is 6.39. The maximum atomic E-state index is 12.4. The van der Waals surface area contributed by atoms with Crippen LogP contribution < -0.4 is 5.32 Å². The first-order valence-electron chi connectivity index (χ1n) is 7.09. The van der Waals surface area contributed by atoms with E-state index < -0.39 is 0 Å². The van der Waals surface area contributed by atoms with E-state index >= 15 is 0 Å². The minimum absolute atomic E-state index is 0.0410. The fraction of sp³-hybridized carbons (Fsp3) is 0.929. The normalized spacial score (nSPS) is 26.9. The van der Waals surface area contributed by atoms with E-state index in [2.05, 4.69) is 44.8 Å². The predicted octanol–water partition coefficient (Wildman–Crippen LogP) is 2.76. The summed E-state index contributed by atoms with van der Waals surface area (Å²) in [5.41, 5.74) is 0. The van der Waals surface area contributed by atoms with Crippen LogP contribution in [0, 0.1) is 5.92 Å². The Bertz CT molecular complexity index is 253. The van der Waals surface area contributed by atoms with Gasteiger partial charge in [0.15, 0.2) is 0 Å². The van der Waals surface area contributed by atoms with Crippen molar-refractivity contribution in [1.29, 1.82) is 0 Å². The van der Waals surface area contributed by atoms with Crippen molar-refractivity contribution >= 4 is 5.91 Å². The molecule has 1 heterocycles. The van der Waals surface area contributed by atoms with E-state index in [1.165, 1.54) is 0 Å². The smallest absolute Gasteiger partial charge is 0.241 e. The molecule has 100 valence electrons. The summed E-state index contributed by atoms with van der Waals surface area (Å²) in [7, 11) is 0. The Morgan fingerprint density at radius 3 is 2.41 bits per heavy atom. The molecule has 0 bridgehead atoms. The summed E-state index contributed by atoms with van der Waals surface area (Å²) >= 11 is 0. The maximum absolute atomic E-state index is 12.4. The highest BCUT2D eigenvalue weighted by atomic mass is 16.2. The third kappa shape index (κ3) is 3.44. The number of rotatable bonds is 6. The standard InChI is InChI=1S/C14H28N2O/c1-6-8-11(5)16-13(7-2)15-12(14(16)17)9-10(3)4/h10-13,15H,6-9H2,1-5H3. The zero-order chi connectivity index (χ0) is 13.0. The number of hydrogen-bond donors (Lipinski definition) is 1. The topological polar surface area (TPSA) is 32.3 Å². The molecule has 0 aromatic carbocycles. The summed E-state index contributed by atoms with van der Waals surface area (Å²) in [4.78, 5) is 14.5. The summed E-state index contributed by atoms with van der Waals surface area (Å²) in [5.74, 6) is 0.877. The molecular weight excluding hydrogens is 212 g/mol. The fourth-order valence-corrected chi connectivity index (χ4v) is 2.75. The number of nitrogens with zero attached hydrogens (tertiary/aromatic N) is 1. The molecule has 3 atom stereocenters. The first-order chi connectivity index (χ1) is 8.01. The van der Waals surface area contributed by atoms with Gasteiger partial charge < -0.3 is 4.90 Å².